The van der Waals surface area contributed by atoms with Gasteiger partial charge in [-0.2, -0.15) is 0 Å². The van der Waals surface area contributed by atoms with Crippen LogP contribution < -0.4 is 0 Å². The Hall–Kier alpha value is -0.770. The average Bonchev–Trinajstić information content (AvgIpc) is 2.87. The van der Waals surface area contributed by atoms with Crippen LogP contribution >= 0.6 is 23.2 Å². The molecule has 0 aliphatic carbocycles. The van der Waals surface area contributed by atoms with Crippen LogP contribution in [0.25, 0.3) is 11.0 Å². The Kier molecular flexibility index (Phi) is 2.54. The molecule has 0 amide bonds. The van der Waals surface area contributed by atoms with E-state index in [-0.39, 0.29) is 6.23 Å². The zero-order valence-electron chi connectivity index (χ0n) is 8.49. The minimum atomic E-state index is 0.0854. The second-order valence-electron chi connectivity index (χ2n) is 3.87. The van der Waals surface area contributed by atoms with E-state index in [0.29, 0.717) is 10.0 Å². The van der Waals surface area contributed by atoms with Crippen molar-refractivity contribution >= 4 is 34.2 Å². The van der Waals surface area contributed by atoms with Gasteiger partial charge >= 0.3 is 0 Å². The van der Waals surface area contributed by atoms with Gasteiger partial charge in [0.25, 0.3) is 0 Å². The maximum atomic E-state index is 6.01. The summed E-state index contributed by atoms with van der Waals surface area (Å²) in [7, 11) is 0. The molecule has 1 atom stereocenters. The van der Waals surface area contributed by atoms with Gasteiger partial charge in [-0.3, -0.25) is 0 Å². The largest absolute Gasteiger partial charge is 0.358 e. The molecule has 2 aromatic rings. The standard InChI is InChI=1S/C11H10Cl2N2O/c12-7-4-9-10(5-8(7)13)15(6-14-9)11-2-1-3-16-11/h4-6,11H,1-3H2. The second kappa shape index (κ2) is 3.91. The molecule has 3 rings (SSSR count). The molecule has 0 radical (unpaired) electrons. The van der Waals surface area contributed by atoms with Crippen LogP contribution in [0.4, 0.5) is 0 Å². The van der Waals surface area contributed by atoms with E-state index in [1.807, 2.05) is 10.6 Å². The monoisotopic (exact) mass is 256 g/mol. The van der Waals surface area contributed by atoms with Crippen LogP contribution in [0.15, 0.2) is 18.5 Å². The van der Waals surface area contributed by atoms with Crippen LogP contribution in [-0.2, 0) is 4.74 Å². The number of ether oxygens (including phenoxy) is 1. The van der Waals surface area contributed by atoms with Gasteiger partial charge in [-0.05, 0) is 25.0 Å². The smallest absolute Gasteiger partial charge is 0.135 e. The van der Waals surface area contributed by atoms with Crippen molar-refractivity contribution in [1.29, 1.82) is 0 Å². The average molecular weight is 257 g/mol. The lowest BCUT2D eigenvalue weighted by atomic mass is 10.3. The third-order valence-corrected chi connectivity index (χ3v) is 3.55. The van der Waals surface area contributed by atoms with Gasteiger partial charge in [0.15, 0.2) is 0 Å². The third kappa shape index (κ3) is 1.59. The highest BCUT2D eigenvalue weighted by molar-refractivity contribution is 6.42. The molecule has 0 N–H and O–H groups in total. The van der Waals surface area contributed by atoms with Crippen molar-refractivity contribution in [3.05, 3.63) is 28.5 Å². The van der Waals surface area contributed by atoms with Crippen molar-refractivity contribution in [1.82, 2.24) is 9.55 Å². The number of nitrogens with zero attached hydrogens (tertiary/aromatic N) is 2. The van der Waals surface area contributed by atoms with Gasteiger partial charge in [0.2, 0.25) is 0 Å². The number of hydrogen-bond acceptors (Lipinski definition) is 2. The van der Waals surface area contributed by atoms with Crippen molar-refractivity contribution in [2.24, 2.45) is 0 Å². The highest BCUT2D eigenvalue weighted by Crippen LogP contribution is 2.31. The molecule has 1 aliphatic rings. The first-order chi connectivity index (χ1) is 7.75. The lowest BCUT2D eigenvalue weighted by Gasteiger charge is -2.12. The molecule has 1 aromatic carbocycles. The zero-order chi connectivity index (χ0) is 11.1. The van der Waals surface area contributed by atoms with Crippen LogP contribution in [-0.4, -0.2) is 16.2 Å². The van der Waals surface area contributed by atoms with Crippen LogP contribution in [0, 0.1) is 0 Å². The van der Waals surface area contributed by atoms with Gasteiger partial charge in [0.1, 0.15) is 6.23 Å². The van der Waals surface area contributed by atoms with E-state index in [1.165, 1.54) is 0 Å². The summed E-state index contributed by atoms with van der Waals surface area (Å²) in [6, 6.07) is 3.62. The van der Waals surface area contributed by atoms with Gasteiger partial charge in [0.05, 0.1) is 27.4 Å². The molecular weight excluding hydrogens is 247 g/mol. The first-order valence-electron chi connectivity index (χ1n) is 5.19. The summed E-state index contributed by atoms with van der Waals surface area (Å²) in [6.45, 7) is 0.811. The molecule has 3 nitrogen and oxygen atoms in total. The quantitative estimate of drug-likeness (QED) is 0.779. The van der Waals surface area contributed by atoms with Crippen LogP contribution in [0.5, 0.6) is 0 Å². The van der Waals surface area contributed by atoms with E-state index in [2.05, 4.69) is 4.98 Å². The van der Waals surface area contributed by atoms with E-state index in [4.69, 9.17) is 27.9 Å². The number of benzene rings is 1. The summed E-state index contributed by atoms with van der Waals surface area (Å²) in [5.74, 6) is 0. The molecule has 1 aliphatic heterocycles. The van der Waals surface area contributed by atoms with E-state index >= 15 is 0 Å². The van der Waals surface area contributed by atoms with E-state index in [9.17, 15) is 0 Å². The molecule has 0 bridgehead atoms. The summed E-state index contributed by atoms with van der Waals surface area (Å²) in [5, 5.41) is 1.08. The number of halogens is 2. The Morgan fingerprint density at radius 1 is 1.31 bits per heavy atom. The molecule has 1 saturated heterocycles. The fraction of sp³-hybridized carbons (Fsp3) is 0.364. The minimum absolute atomic E-state index is 0.0854. The normalized spacial score (nSPS) is 20.8. The molecule has 84 valence electrons. The highest BCUT2D eigenvalue weighted by Gasteiger charge is 2.19. The first-order valence-corrected chi connectivity index (χ1v) is 5.94. The number of hydrogen-bond donors (Lipinski definition) is 0. The Labute approximate surface area is 103 Å². The predicted molar refractivity (Wildman–Crippen MR) is 64.0 cm³/mol. The zero-order valence-corrected chi connectivity index (χ0v) is 10.0. The van der Waals surface area contributed by atoms with Crippen molar-refractivity contribution in [2.75, 3.05) is 6.61 Å². The molecule has 1 aromatic heterocycles. The molecule has 0 spiro atoms. The van der Waals surface area contributed by atoms with Crippen molar-refractivity contribution in [3.63, 3.8) is 0 Å². The fourth-order valence-corrected chi connectivity index (χ4v) is 2.35. The maximum Gasteiger partial charge on any atom is 0.135 e. The molecule has 1 unspecified atom stereocenters. The van der Waals surface area contributed by atoms with Gasteiger partial charge in [-0.15, -0.1) is 0 Å². The summed E-state index contributed by atoms with van der Waals surface area (Å²) in [5.41, 5.74) is 1.83. The Morgan fingerprint density at radius 2 is 2.12 bits per heavy atom. The van der Waals surface area contributed by atoms with Crippen molar-refractivity contribution in [2.45, 2.75) is 19.1 Å². The van der Waals surface area contributed by atoms with Crippen molar-refractivity contribution < 1.29 is 4.74 Å². The molecule has 5 heteroatoms. The second-order valence-corrected chi connectivity index (χ2v) is 4.69. The van der Waals surface area contributed by atoms with Crippen LogP contribution in [0.3, 0.4) is 0 Å². The highest BCUT2D eigenvalue weighted by atomic mass is 35.5. The number of imidazole rings is 1. The van der Waals surface area contributed by atoms with Crippen LogP contribution in [0.1, 0.15) is 19.1 Å². The molecule has 2 heterocycles. The lowest BCUT2D eigenvalue weighted by Crippen LogP contribution is -2.05. The molecule has 16 heavy (non-hydrogen) atoms. The molecular formula is C11H10Cl2N2O. The number of fused-ring (bicyclic) bond motifs is 1. The van der Waals surface area contributed by atoms with Gasteiger partial charge < -0.3 is 9.30 Å². The lowest BCUT2D eigenvalue weighted by molar-refractivity contribution is 0.0597. The summed E-state index contributed by atoms with van der Waals surface area (Å²) in [6.07, 6.45) is 3.98. The molecule has 0 saturated carbocycles. The van der Waals surface area contributed by atoms with Crippen LogP contribution in [0.2, 0.25) is 10.0 Å². The molecule has 1 fully saturated rings. The van der Waals surface area contributed by atoms with E-state index in [0.717, 1.165) is 30.5 Å². The number of aromatic nitrogens is 2. The Bertz CT molecular complexity index is 532. The van der Waals surface area contributed by atoms with Gasteiger partial charge in [0, 0.05) is 6.61 Å². The first kappa shape index (κ1) is 10.4. The summed E-state index contributed by atoms with van der Waals surface area (Å²) in [4.78, 5) is 4.31. The van der Waals surface area contributed by atoms with Crippen molar-refractivity contribution in [3.8, 4) is 0 Å². The van der Waals surface area contributed by atoms with Gasteiger partial charge in [-0.25, -0.2) is 4.98 Å². The fourth-order valence-electron chi connectivity index (χ4n) is 2.03. The predicted octanol–water partition coefficient (Wildman–Crippen LogP) is 3.65. The number of rotatable bonds is 1. The Morgan fingerprint density at radius 3 is 2.88 bits per heavy atom. The minimum Gasteiger partial charge on any atom is -0.358 e. The Balaban J connectivity index is 2.15. The van der Waals surface area contributed by atoms with Gasteiger partial charge in [-0.1, -0.05) is 23.2 Å². The maximum absolute atomic E-state index is 6.01. The summed E-state index contributed by atoms with van der Waals surface area (Å²) < 4.78 is 7.64. The van der Waals surface area contributed by atoms with E-state index in [1.54, 1.807) is 12.4 Å². The summed E-state index contributed by atoms with van der Waals surface area (Å²) >= 11 is 12.0. The topological polar surface area (TPSA) is 27.1 Å². The SMILES string of the molecule is Clc1cc2ncn(C3CCCO3)c2cc1Cl. The third-order valence-electron chi connectivity index (χ3n) is 2.83. The van der Waals surface area contributed by atoms with E-state index < -0.39 is 0 Å².